The average Bonchev–Trinajstić information content (AvgIpc) is 3.85. The van der Waals surface area contributed by atoms with Gasteiger partial charge in [-0.05, 0) is 85.9 Å². The van der Waals surface area contributed by atoms with E-state index in [1.807, 2.05) is 78.9 Å². The van der Waals surface area contributed by atoms with Crippen LogP contribution in [0.25, 0.3) is 121 Å². The van der Waals surface area contributed by atoms with E-state index in [0.717, 1.165) is 71.7 Å². The van der Waals surface area contributed by atoms with Gasteiger partial charge in [-0.1, -0.05) is 133 Å². The highest BCUT2D eigenvalue weighted by molar-refractivity contribution is 6.26. The minimum atomic E-state index is 0.548. The molecule has 12 rings (SSSR count). The molecular formula is C51H29N3O2. The van der Waals surface area contributed by atoms with Crippen LogP contribution in [-0.4, -0.2) is 15.0 Å². The highest BCUT2D eigenvalue weighted by Gasteiger charge is 2.20. The lowest BCUT2D eigenvalue weighted by atomic mass is 9.91. The number of nitrogens with zero attached hydrogens (tertiary/aromatic N) is 3. The predicted molar refractivity (Wildman–Crippen MR) is 229 cm³/mol. The third kappa shape index (κ3) is 4.64. The van der Waals surface area contributed by atoms with Crippen LogP contribution in [0.5, 0.6) is 0 Å². The number of rotatable bonds is 4. The summed E-state index contributed by atoms with van der Waals surface area (Å²) in [6.07, 6.45) is 0. The second-order valence-electron chi connectivity index (χ2n) is 14.3. The van der Waals surface area contributed by atoms with Gasteiger partial charge in [0.25, 0.3) is 0 Å². The summed E-state index contributed by atoms with van der Waals surface area (Å²) in [5.74, 6) is 1.71. The van der Waals surface area contributed by atoms with Gasteiger partial charge in [-0.25, -0.2) is 15.0 Å². The SMILES string of the molecule is c1ccc(-c2nc(-c3ccc4oc5cccc(-c6ccc7c8ccccc8c8ccccc8c7c6)c5c4c3)nc(-c3cccc4c3oc3ccccc34)n2)cc1. The van der Waals surface area contributed by atoms with Gasteiger partial charge in [0, 0.05) is 32.7 Å². The molecule has 3 heterocycles. The maximum absolute atomic E-state index is 6.52. The van der Waals surface area contributed by atoms with E-state index < -0.39 is 0 Å². The average molecular weight is 716 g/mol. The van der Waals surface area contributed by atoms with Crippen LogP contribution >= 0.6 is 0 Å². The Morgan fingerprint density at radius 1 is 0.286 bits per heavy atom. The minimum Gasteiger partial charge on any atom is -0.456 e. The van der Waals surface area contributed by atoms with Gasteiger partial charge >= 0.3 is 0 Å². The molecule has 0 saturated carbocycles. The monoisotopic (exact) mass is 715 g/mol. The second-order valence-corrected chi connectivity index (χ2v) is 14.3. The molecule has 5 nitrogen and oxygen atoms in total. The standard InChI is InChI=1S/C51H29N3O2/c1-2-12-30(13-3-1)49-52-50(54-51(53-49)41-21-10-20-40-39-18-8-9-22-44(39)56-48(40)41)32-25-27-45-43(29-32)47-33(19-11-23-46(47)55-45)31-24-26-38-36-16-5-4-14-34(36)35-15-6-7-17-37(35)42(38)28-31/h1-29H. The smallest absolute Gasteiger partial charge is 0.167 e. The largest absolute Gasteiger partial charge is 0.456 e. The van der Waals surface area contributed by atoms with Crippen molar-refractivity contribution in [3.63, 3.8) is 0 Å². The Labute approximate surface area is 320 Å². The second kappa shape index (κ2) is 11.9. The molecule has 5 heteroatoms. The van der Waals surface area contributed by atoms with Crippen molar-refractivity contribution < 1.29 is 8.83 Å². The number of aromatic nitrogens is 3. The zero-order chi connectivity index (χ0) is 36.7. The number of furan rings is 2. The molecule has 9 aromatic carbocycles. The van der Waals surface area contributed by atoms with Crippen molar-refractivity contribution in [3.05, 3.63) is 176 Å². The molecule has 260 valence electrons. The van der Waals surface area contributed by atoms with Crippen molar-refractivity contribution in [2.24, 2.45) is 0 Å². The van der Waals surface area contributed by atoms with E-state index >= 15 is 0 Å². The highest BCUT2D eigenvalue weighted by Crippen LogP contribution is 2.42. The van der Waals surface area contributed by atoms with E-state index in [0.29, 0.717) is 17.5 Å². The number of para-hydroxylation sites is 2. The van der Waals surface area contributed by atoms with Gasteiger partial charge in [0.1, 0.15) is 22.3 Å². The lowest BCUT2D eigenvalue weighted by Gasteiger charge is -2.12. The minimum absolute atomic E-state index is 0.548. The molecule has 3 aromatic heterocycles. The van der Waals surface area contributed by atoms with Gasteiger partial charge in [-0.2, -0.15) is 0 Å². The van der Waals surface area contributed by atoms with Crippen molar-refractivity contribution >= 4 is 76.2 Å². The maximum atomic E-state index is 6.52. The van der Waals surface area contributed by atoms with Crippen LogP contribution < -0.4 is 0 Å². The first-order valence-corrected chi connectivity index (χ1v) is 18.8. The summed E-state index contributed by atoms with van der Waals surface area (Å²) < 4.78 is 13.0. The Balaban J connectivity index is 1.07. The molecular weight excluding hydrogens is 687 g/mol. The summed E-state index contributed by atoms with van der Waals surface area (Å²) in [5, 5.41) is 11.6. The molecule has 0 aliphatic carbocycles. The van der Waals surface area contributed by atoms with E-state index in [9.17, 15) is 0 Å². The molecule has 0 fully saturated rings. The van der Waals surface area contributed by atoms with E-state index in [4.69, 9.17) is 23.8 Å². The number of hydrogen-bond acceptors (Lipinski definition) is 5. The van der Waals surface area contributed by atoms with Crippen molar-refractivity contribution in [1.82, 2.24) is 15.0 Å². The van der Waals surface area contributed by atoms with Gasteiger partial charge in [0.2, 0.25) is 0 Å². The van der Waals surface area contributed by atoms with Crippen molar-refractivity contribution in [2.75, 3.05) is 0 Å². The molecule has 0 aliphatic rings. The van der Waals surface area contributed by atoms with Gasteiger partial charge in [0.05, 0.1) is 5.56 Å². The van der Waals surface area contributed by atoms with Crippen LogP contribution in [0.4, 0.5) is 0 Å². The summed E-state index contributed by atoms with van der Waals surface area (Å²) in [6, 6.07) is 61.1. The van der Waals surface area contributed by atoms with Crippen molar-refractivity contribution in [2.45, 2.75) is 0 Å². The van der Waals surface area contributed by atoms with Crippen molar-refractivity contribution in [3.8, 4) is 45.3 Å². The first kappa shape index (κ1) is 30.8. The van der Waals surface area contributed by atoms with Crippen LogP contribution in [0, 0.1) is 0 Å². The van der Waals surface area contributed by atoms with Gasteiger partial charge in [0.15, 0.2) is 17.5 Å². The van der Waals surface area contributed by atoms with E-state index in [1.54, 1.807) is 0 Å². The zero-order valence-electron chi connectivity index (χ0n) is 29.9. The third-order valence-electron chi connectivity index (χ3n) is 11.1. The molecule has 56 heavy (non-hydrogen) atoms. The van der Waals surface area contributed by atoms with E-state index in [2.05, 4.69) is 97.1 Å². The molecule has 0 amide bonds. The Hall–Kier alpha value is -7.63. The van der Waals surface area contributed by atoms with Crippen LogP contribution in [0.3, 0.4) is 0 Å². The molecule has 0 spiro atoms. The summed E-state index contributed by atoms with van der Waals surface area (Å²) in [7, 11) is 0. The predicted octanol–water partition coefficient (Wildman–Crippen LogP) is 13.8. The molecule has 0 radical (unpaired) electrons. The molecule has 0 N–H and O–H groups in total. The Kier molecular flexibility index (Phi) is 6.56. The van der Waals surface area contributed by atoms with Crippen LogP contribution in [0.1, 0.15) is 0 Å². The number of benzene rings is 9. The molecule has 0 unspecified atom stereocenters. The van der Waals surface area contributed by atoms with Gasteiger partial charge in [-0.3, -0.25) is 0 Å². The van der Waals surface area contributed by atoms with Gasteiger partial charge < -0.3 is 8.83 Å². The Morgan fingerprint density at radius 3 is 1.61 bits per heavy atom. The maximum Gasteiger partial charge on any atom is 0.167 e. The normalized spacial score (nSPS) is 11.9. The fourth-order valence-corrected chi connectivity index (χ4v) is 8.55. The first-order chi connectivity index (χ1) is 27.7. The first-order valence-electron chi connectivity index (χ1n) is 18.8. The number of fused-ring (bicyclic) bond motifs is 12. The lowest BCUT2D eigenvalue weighted by Crippen LogP contribution is -2.00. The molecule has 0 saturated heterocycles. The van der Waals surface area contributed by atoms with E-state index in [1.165, 1.54) is 32.3 Å². The third-order valence-corrected chi connectivity index (χ3v) is 11.1. The fraction of sp³-hybridized carbons (Fsp3) is 0. The Morgan fingerprint density at radius 2 is 0.821 bits per heavy atom. The molecule has 12 aromatic rings. The zero-order valence-corrected chi connectivity index (χ0v) is 29.9. The summed E-state index contributed by atoms with van der Waals surface area (Å²) in [6.45, 7) is 0. The van der Waals surface area contributed by atoms with Crippen LogP contribution in [-0.2, 0) is 0 Å². The summed E-state index contributed by atoms with van der Waals surface area (Å²) in [5.41, 5.74) is 8.03. The van der Waals surface area contributed by atoms with E-state index in [-0.39, 0.29) is 0 Å². The topological polar surface area (TPSA) is 65.0 Å². The fourth-order valence-electron chi connectivity index (χ4n) is 8.55. The lowest BCUT2D eigenvalue weighted by molar-refractivity contribution is 0.669. The Bertz CT molecular complexity index is 3510. The van der Waals surface area contributed by atoms with Crippen LogP contribution in [0.2, 0.25) is 0 Å². The van der Waals surface area contributed by atoms with Crippen molar-refractivity contribution in [1.29, 1.82) is 0 Å². The number of hydrogen-bond donors (Lipinski definition) is 0. The molecule has 0 aliphatic heterocycles. The summed E-state index contributed by atoms with van der Waals surface area (Å²) in [4.78, 5) is 15.3. The summed E-state index contributed by atoms with van der Waals surface area (Å²) >= 11 is 0. The highest BCUT2D eigenvalue weighted by atomic mass is 16.3. The van der Waals surface area contributed by atoms with Crippen LogP contribution in [0.15, 0.2) is 185 Å². The molecule has 0 bridgehead atoms. The van der Waals surface area contributed by atoms with Gasteiger partial charge in [-0.15, -0.1) is 0 Å². The quantitative estimate of drug-likeness (QED) is 0.170. The molecule has 0 atom stereocenters.